The lowest BCUT2D eigenvalue weighted by Crippen LogP contribution is -2.42. The Kier molecular flexibility index (Phi) is 4.04. The molecule has 1 aliphatic carbocycles. The molecule has 5 heteroatoms. The van der Waals surface area contributed by atoms with Gasteiger partial charge in [-0.15, -0.1) is 0 Å². The molecule has 104 valence electrons. The summed E-state index contributed by atoms with van der Waals surface area (Å²) < 4.78 is 13.7. The van der Waals surface area contributed by atoms with Crippen molar-refractivity contribution in [3.8, 4) is 5.75 Å². The fraction of sp³-hybridized carbons (Fsp3) is 0.500. The second kappa shape index (κ2) is 5.57. The molecule has 0 atom stereocenters. The molecule has 1 amide bonds. The van der Waals surface area contributed by atoms with Crippen molar-refractivity contribution in [2.45, 2.75) is 37.8 Å². The molecule has 3 N–H and O–H groups in total. The average Bonchev–Trinajstić information content (AvgIpc) is 2.38. The molecule has 19 heavy (non-hydrogen) atoms. The molecule has 0 saturated heterocycles. The van der Waals surface area contributed by atoms with E-state index < -0.39 is 11.7 Å². The maximum absolute atomic E-state index is 13.7. The van der Waals surface area contributed by atoms with Crippen molar-refractivity contribution in [1.82, 2.24) is 4.90 Å². The van der Waals surface area contributed by atoms with E-state index in [0.29, 0.717) is 0 Å². The highest BCUT2D eigenvalue weighted by Gasteiger charge is 2.28. The lowest BCUT2D eigenvalue weighted by atomic mass is 9.90. The van der Waals surface area contributed by atoms with Gasteiger partial charge in [0.25, 0.3) is 5.91 Å². The number of halogens is 1. The lowest BCUT2D eigenvalue weighted by molar-refractivity contribution is 0.0682. The number of phenols is 1. The highest BCUT2D eigenvalue weighted by molar-refractivity contribution is 5.97. The van der Waals surface area contributed by atoms with E-state index in [0.717, 1.165) is 25.7 Å². The molecule has 1 aromatic rings. The van der Waals surface area contributed by atoms with Crippen molar-refractivity contribution in [2.75, 3.05) is 7.05 Å². The van der Waals surface area contributed by atoms with Gasteiger partial charge >= 0.3 is 0 Å². The second-order valence-electron chi connectivity index (χ2n) is 5.12. The molecule has 0 radical (unpaired) electrons. The van der Waals surface area contributed by atoms with Crippen molar-refractivity contribution < 1.29 is 14.3 Å². The van der Waals surface area contributed by atoms with E-state index in [1.807, 2.05) is 0 Å². The average molecular weight is 266 g/mol. The summed E-state index contributed by atoms with van der Waals surface area (Å²) in [7, 11) is 1.65. The number of amides is 1. The molecule has 1 aliphatic rings. The zero-order chi connectivity index (χ0) is 14.0. The van der Waals surface area contributed by atoms with E-state index in [-0.39, 0.29) is 23.4 Å². The van der Waals surface area contributed by atoms with Gasteiger partial charge in [0.15, 0.2) is 0 Å². The maximum atomic E-state index is 13.7. The first-order valence-corrected chi connectivity index (χ1v) is 6.51. The summed E-state index contributed by atoms with van der Waals surface area (Å²) in [6.45, 7) is 0. The molecule has 0 heterocycles. The minimum atomic E-state index is -0.690. The molecule has 0 spiro atoms. The van der Waals surface area contributed by atoms with Crippen LogP contribution in [0.25, 0.3) is 0 Å². The number of benzene rings is 1. The van der Waals surface area contributed by atoms with Crippen LogP contribution in [0.15, 0.2) is 18.2 Å². The lowest BCUT2D eigenvalue weighted by Gasteiger charge is -2.33. The minimum absolute atomic E-state index is 0.0614. The molecular weight excluding hydrogens is 247 g/mol. The Morgan fingerprint density at radius 1 is 1.37 bits per heavy atom. The van der Waals surface area contributed by atoms with E-state index in [1.54, 1.807) is 7.05 Å². The van der Waals surface area contributed by atoms with Crippen molar-refractivity contribution in [2.24, 2.45) is 5.73 Å². The van der Waals surface area contributed by atoms with Crippen LogP contribution < -0.4 is 5.73 Å². The first-order chi connectivity index (χ1) is 9.00. The van der Waals surface area contributed by atoms with Crippen LogP contribution in [-0.4, -0.2) is 35.0 Å². The van der Waals surface area contributed by atoms with Crippen LogP contribution in [0.3, 0.4) is 0 Å². The number of nitrogens with two attached hydrogens (primary N) is 1. The summed E-state index contributed by atoms with van der Waals surface area (Å²) >= 11 is 0. The van der Waals surface area contributed by atoms with Gasteiger partial charge in [-0.05, 0) is 37.8 Å². The first kappa shape index (κ1) is 13.8. The van der Waals surface area contributed by atoms with Crippen LogP contribution in [0.2, 0.25) is 0 Å². The largest absolute Gasteiger partial charge is 0.507 e. The molecule has 1 aromatic carbocycles. The van der Waals surface area contributed by atoms with Gasteiger partial charge in [0.1, 0.15) is 17.1 Å². The zero-order valence-electron chi connectivity index (χ0n) is 11.0. The topological polar surface area (TPSA) is 66.6 Å². The Bertz CT molecular complexity index is 450. The Morgan fingerprint density at radius 3 is 2.58 bits per heavy atom. The van der Waals surface area contributed by atoms with E-state index >= 15 is 0 Å². The SMILES string of the molecule is CN(C(=O)c1c(O)cccc1F)C1CCC(N)CC1. The number of carbonyl (C=O) groups excluding carboxylic acids is 1. The van der Waals surface area contributed by atoms with Gasteiger partial charge in [0.2, 0.25) is 0 Å². The zero-order valence-corrected chi connectivity index (χ0v) is 11.0. The molecule has 4 nitrogen and oxygen atoms in total. The third-order valence-electron chi connectivity index (χ3n) is 3.81. The number of aromatic hydroxyl groups is 1. The van der Waals surface area contributed by atoms with Crippen LogP contribution in [-0.2, 0) is 0 Å². The first-order valence-electron chi connectivity index (χ1n) is 6.51. The summed E-state index contributed by atoms with van der Waals surface area (Å²) in [5, 5.41) is 9.64. The van der Waals surface area contributed by atoms with E-state index in [2.05, 4.69) is 0 Å². The predicted molar refractivity (Wildman–Crippen MR) is 70.4 cm³/mol. The quantitative estimate of drug-likeness (QED) is 0.858. The van der Waals surface area contributed by atoms with Crippen LogP contribution >= 0.6 is 0 Å². The van der Waals surface area contributed by atoms with Gasteiger partial charge in [-0.1, -0.05) is 6.07 Å². The van der Waals surface area contributed by atoms with Gasteiger partial charge in [-0.2, -0.15) is 0 Å². The van der Waals surface area contributed by atoms with Gasteiger partial charge < -0.3 is 15.7 Å². The Hall–Kier alpha value is -1.62. The third-order valence-corrected chi connectivity index (χ3v) is 3.81. The molecule has 0 aliphatic heterocycles. The molecule has 1 saturated carbocycles. The van der Waals surface area contributed by atoms with E-state index in [9.17, 15) is 14.3 Å². The van der Waals surface area contributed by atoms with Crippen molar-refractivity contribution in [3.63, 3.8) is 0 Å². The van der Waals surface area contributed by atoms with Crippen LogP contribution in [0, 0.1) is 5.82 Å². The summed E-state index contributed by atoms with van der Waals surface area (Å²) in [5.41, 5.74) is 5.58. The number of hydrogen-bond acceptors (Lipinski definition) is 3. The Balaban J connectivity index is 2.15. The summed E-state index contributed by atoms with van der Waals surface area (Å²) in [6.07, 6.45) is 3.37. The standard InChI is InChI=1S/C14H19FN2O2/c1-17(10-7-5-9(16)6-8-10)14(19)13-11(15)3-2-4-12(13)18/h2-4,9-10,18H,5-8,16H2,1H3. The minimum Gasteiger partial charge on any atom is -0.507 e. The van der Waals surface area contributed by atoms with Crippen molar-refractivity contribution >= 4 is 5.91 Å². The molecule has 1 fully saturated rings. The highest BCUT2D eigenvalue weighted by Crippen LogP contribution is 2.26. The smallest absolute Gasteiger partial charge is 0.260 e. The van der Waals surface area contributed by atoms with Gasteiger partial charge in [-0.25, -0.2) is 4.39 Å². The van der Waals surface area contributed by atoms with Crippen LogP contribution in [0.5, 0.6) is 5.75 Å². The van der Waals surface area contributed by atoms with Gasteiger partial charge in [-0.3, -0.25) is 4.79 Å². The van der Waals surface area contributed by atoms with Gasteiger partial charge in [0, 0.05) is 19.1 Å². The molecule has 0 bridgehead atoms. The Morgan fingerprint density at radius 2 is 2.00 bits per heavy atom. The summed E-state index contributed by atoms with van der Waals surface area (Å²) in [6, 6.07) is 4.13. The number of rotatable bonds is 2. The summed E-state index contributed by atoms with van der Waals surface area (Å²) in [4.78, 5) is 13.8. The van der Waals surface area contributed by atoms with Crippen LogP contribution in [0.4, 0.5) is 4.39 Å². The monoisotopic (exact) mass is 266 g/mol. The molecule has 2 rings (SSSR count). The fourth-order valence-electron chi connectivity index (χ4n) is 2.56. The normalized spacial score (nSPS) is 23.1. The van der Waals surface area contributed by atoms with Crippen molar-refractivity contribution in [3.05, 3.63) is 29.6 Å². The predicted octanol–water partition coefficient (Wildman–Crippen LogP) is 1.87. The summed E-state index contributed by atoms with van der Waals surface area (Å²) in [5.74, 6) is -1.48. The molecule has 0 aromatic heterocycles. The Labute approximate surface area is 112 Å². The highest BCUT2D eigenvalue weighted by atomic mass is 19.1. The number of carbonyl (C=O) groups is 1. The van der Waals surface area contributed by atoms with E-state index in [1.165, 1.54) is 23.1 Å². The van der Waals surface area contributed by atoms with Crippen LogP contribution in [0.1, 0.15) is 36.0 Å². The van der Waals surface area contributed by atoms with Gasteiger partial charge in [0.05, 0.1) is 0 Å². The number of phenolic OH excluding ortho intramolecular Hbond substituents is 1. The van der Waals surface area contributed by atoms with Crippen molar-refractivity contribution in [1.29, 1.82) is 0 Å². The second-order valence-corrected chi connectivity index (χ2v) is 5.12. The number of nitrogens with zero attached hydrogens (tertiary/aromatic N) is 1. The third kappa shape index (κ3) is 2.87. The number of hydrogen-bond donors (Lipinski definition) is 2. The fourth-order valence-corrected chi connectivity index (χ4v) is 2.56. The molecular formula is C14H19FN2O2. The maximum Gasteiger partial charge on any atom is 0.260 e. The molecule has 0 unspecified atom stereocenters. The van der Waals surface area contributed by atoms with E-state index in [4.69, 9.17) is 5.73 Å².